The average Bonchev–Trinajstić information content (AvgIpc) is 2.36. The Morgan fingerprint density at radius 2 is 1.68 bits per heavy atom. The van der Waals surface area contributed by atoms with Gasteiger partial charge in [-0.1, -0.05) is 6.07 Å². The van der Waals surface area contributed by atoms with Crippen LogP contribution in [0.5, 0.6) is 0 Å². The fraction of sp³-hybridized carbons (Fsp3) is 0.286. The number of hydrogen-bond acceptors (Lipinski definition) is 7. The van der Waals surface area contributed by atoms with Gasteiger partial charge in [-0.2, -0.15) is 0 Å². The minimum atomic E-state index is -0.503. The fourth-order valence-corrected chi connectivity index (χ4v) is 2.12. The minimum absolute atomic E-state index is 0.136. The van der Waals surface area contributed by atoms with Gasteiger partial charge in [-0.05, 0) is 37.1 Å². The molecule has 0 saturated carbocycles. The van der Waals surface area contributed by atoms with Crippen molar-refractivity contribution in [3.05, 3.63) is 45.8 Å². The van der Waals surface area contributed by atoms with E-state index in [2.05, 4.69) is 20.7 Å². The molecule has 0 atom stereocenters. The summed E-state index contributed by atoms with van der Waals surface area (Å²) < 4.78 is 0. The van der Waals surface area contributed by atoms with Crippen LogP contribution in [0, 0.1) is 24.0 Å². The van der Waals surface area contributed by atoms with Crippen LogP contribution in [0.15, 0.2) is 24.5 Å². The third-order valence-electron chi connectivity index (χ3n) is 2.82. The van der Waals surface area contributed by atoms with Crippen molar-refractivity contribution in [2.24, 2.45) is 0 Å². The van der Waals surface area contributed by atoms with Gasteiger partial charge in [-0.25, -0.2) is 15.0 Å². The third-order valence-corrected chi connectivity index (χ3v) is 2.82. The Kier molecular flexibility index (Phi) is 4.52. The number of hydrogen-bond donors (Lipinski definition) is 2. The fourth-order valence-electron chi connectivity index (χ4n) is 2.12. The Bertz CT molecular complexity index is 681. The molecular weight excluding hydrogens is 284 g/mol. The second-order valence-electron chi connectivity index (χ2n) is 5.18. The zero-order chi connectivity index (χ0) is 16.3. The number of rotatable bonds is 5. The summed E-state index contributed by atoms with van der Waals surface area (Å²) in [5.41, 5.74) is 5.47. The van der Waals surface area contributed by atoms with E-state index >= 15 is 0 Å². The molecule has 0 aliphatic heterocycles. The maximum Gasteiger partial charge on any atom is 0.354 e. The van der Waals surface area contributed by atoms with Crippen molar-refractivity contribution in [2.45, 2.75) is 13.8 Å². The molecule has 2 aromatic rings. The summed E-state index contributed by atoms with van der Waals surface area (Å²) >= 11 is 0. The summed E-state index contributed by atoms with van der Waals surface area (Å²) in [6.45, 7) is 3.93. The van der Waals surface area contributed by atoms with Crippen molar-refractivity contribution in [1.29, 1.82) is 0 Å². The van der Waals surface area contributed by atoms with E-state index in [4.69, 9.17) is 0 Å². The van der Waals surface area contributed by atoms with Gasteiger partial charge in [0.05, 0.1) is 4.92 Å². The molecule has 0 radical (unpaired) electrons. The lowest BCUT2D eigenvalue weighted by Gasteiger charge is -2.14. The van der Waals surface area contributed by atoms with Crippen LogP contribution < -0.4 is 10.7 Å². The lowest BCUT2D eigenvalue weighted by Crippen LogP contribution is -2.21. The quantitative estimate of drug-likeness (QED) is 0.647. The largest absolute Gasteiger partial charge is 0.354 e. The van der Waals surface area contributed by atoms with Crippen molar-refractivity contribution in [3.63, 3.8) is 0 Å². The van der Waals surface area contributed by atoms with E-state index in [1.807, 2.05) is 32.0 Å². The summed E-state index contributed by atoms with van der Waals surface area (Å²) in [5.74, 6) is 0.284. The molecule has 0 amide bonds. The summed E-state index contributed by atoms with van der Waals surface area (Å²) in [5, 5.41) is 16.0. The van der Waals surface area contributed by atoms with Gasteiger partial charge in [0.1, 0.15) is 6.33 Å². The summed E-state index contributed by atoms with van der Waals surface area (Å²) in [7, 11) is 3.45. The smallest absolute Gasteiger partial charge is 0.334 e. The molecule has 0 unspecified atom stereocenters. The Morgan fingerprint density at radius 3 is 2.23 bits per heavy atom. The van der Waals surface area contributed by atoms with E-state index in [-0.39, 0.29) is 17.3 Å². The van der Waals surface area contributed by atoms with E-state index in [0.29, 0.717) is 0 Å². The summed E-state index contributed by atoms with van der Waals surface area (Å²) in [6, 6.07) is 5.83. The molecule has 1 aromatic heterocycles. The van der Waals surface area contributed by atoms with Crippen LogP contribution in [-0.2, 0) is 0 Å². The predicted octanol–water partition coefficient (Wildman–Crippen LogP) is 2.63. The molecule has 8 heteroatoms. The molecule has 1 heterocycles. The molecule has 0 aliphatic carbocycles. The molecule has 0 saturated heterocycles. The molecule has 116 valence electrons. The molecule has 2 N–H and O–H groups in total. The number of aromatic nitrogens is 2. The first-order chi connectivity index (χ1) is 10.4. The highest BCUT2D eigenvalue weighted by Gasteiger charge is 2.23. The van der Waals surface area contributed by atoms with Crippen LogP contribution in [-0.4, -0.2) is 34.0 Å². The molecule has 0 fully saturated rings. The zero-order valence-electron chi connectivity index (χ0n) is 12.9. The normalized spacial score (nSPS) is 10.6. The van der Waals surface area contributed by atoms with E-state index in [1.165, 1.54) is 6.33 Å². The first kappa shape index (κ1) is 15.6. The number of aryl methyl sites for hydroxylation is 2. The van der Waals surface area contributed by atoms with Crippen LogP contribution in [0.25, 0.3) is 0 Å². The van der Waals surface area contributed by atoms with E-state index < -0.39 is 4.92 Å². The number of nitrogens with one attached hydrogen (secondary N) is 2. The van der Waals surface area contributed by atoms with Crippen LogP contribution in [0.4, 0.5) is 23.0 Å². The van der Waals surface area contributed by atoms with E-state index in [9.17, 15) is 10.1 Å². The van der Waals surface area contributed by atoms with Crippen LogP contribution in [0.1, 0.15) is 11.1 Å². The van der Waals surface area contributed by atoms with Gasteiger partial charge >= 0.3 is 5.69 Å². The summed E-state index contributed by atoms with van der Waals surface area (Å²) in [6.07, 6.45) is 1.28. The van der Waals surface area contributed by atoms with Gasteiger partial charge in [-0.3, -0.25) is 15.5 Å². The molecule has 0 aliphatic rings. The number of anilines is 3. The maximum absolute atomic E-state index is 11.4. The Morgan fingerprint density at radius 1 is 1.09 bits per heavy atom. The first-order valence-electron chi connectivity index (χ1n) is 6.65. The Labute approximate surface area is 128 Å². The lowest BCUT2D eigenvalue weighted by molar-refractivity contribution is -0.383. The van der Waals surface area contributed by atoms with Crippen molar-refractivity contribution >= 4 is 23.0 Å². The molecule has 1 aromatic carbocycles. The molecule has 2 rings (SSSR count). The monoisotopic (exact) mass is 302 g/mol. The van der Waals surface area contributed by atoms with Crippen molar-refractivity contribution < 1.29 is 4.92 Å². The Balaban J connectivity index is 2.43. The SMILES string of the molecule is Cc1cc(C)cc(Nc2ncnc(NN(C)C)c2[N+](=O)[O-])c1. The highest BCUT2D eigenvalue weighted by Crippen LogP contribution is 2.31. The first-order valence-corrected chi connectivity index (χ1v) is 6.65. The molecule has 8 nitrogen and oxygen atoms in total. The second-order valence-corrected chi connectivity index (χ2v) is 5.18. The summed E-state index contributed by atoms with van der Waals surface area (Å²) in [4.78, 5) is 18.8. The van der Waals surface area contributed by atoms with Gasteiger partial charge in [0.25, 0.3) is 0 Å². The highest BCUT2D eigenvalue weighted by molar-refractivity contribution is 5.73. The zero-order valence-corrected chi connectivity index (χ0v) is 12.9. The molecule has 0 bridgehead atoms. The van der Waals surface area contributed by atoms with Crippen molar-refractivity contribution in [1.82, 2.24) is 15.0 Å². The van der Waals surface area contributed by atoms with Gasteiger partial charge < -0.3 is 5.32 Å². The van der Waals surface area contributed by atoms with Crippen LogP contribution in [0.2, 0.25) is 0 Å². The van der Waals surface area contributed by atoms with Gasteiger partial charge in [0.15, 0.2) is 0 Å². The third kappa shape index (κ3) is 3.67. The highest BCUT2D eigenvalue weighted by atomic mass is 16.6. The predicted molar refractivity (Wildman–Crippen MR) is 85.2 cm³/mol. The van der Waals surface area contributed by atoms with Crippen LogP contribution in [0.3, 0.4) is 0 Å². The minimum Gasteiger partial charge on any atom is -0.334 e. The van der Waals surface area contributed by atoms with Gasteiger partial charge in [0.2, 0.25) is 11.6 Å². The lowest BCUT2D eigenvalue weighted by atomic mass is 10.1. The standard InChI is InChI=1S/C14H18N6O2/c1-9-5-10(2)7-11(6-9)17-13-12(20(21)22)14(16-8-15-13)18-19(3)4/h5-8H,1-4H3,(H2,15,16,17,18). The van der Waals surface area contributed by atoms with Gasteiger partial charge in [0, 0.05) is 19.8 Å². The number of nitro groups is 1. The number of benzene rings is 1. The topological polar surface area (TPSA) is 96.2 Å². The van der Waals surface area contributed by atoms with Gasteiger partial charge in [-0.15, -0.1) is 0 Å². The molecular formula is C14H18N6O2. The van der Waals surface area contributed by atoms with Crippen LogP contribution >= 0.6 is 0 Å². The number of nitrogens with zero attached hydrogens (tertiary/aromatic N) is 4. The van der Waals surface area contributed by atoms with E-state index in [0.717, 1.165) is 16.8 Å². The maximum atomic E-state index is 11.4. The Hall–Kier alpha value is -2.74. The average molecular weight is 302 g/mol. The molecule has 22 heavy (non-hydrogen) atoms. The number of hydrazine groups is 1. The van der Waals surface area contributed by atoms with Crippen molar-refractivity contribution in [3.8, 4) is 0 Å². The molecule has 0 spiro atoms. The second kappa shape index (κ2) is 6.35. The van der Waals surface area contributed by atoms with Crippen molar-refractivity contribution in [2.75, 3.05) is 24.8 Å². The van der Waals surface area contributed by atoms with E-state index in [1.54, 1.807) is 19.1 Å².